The van der Waals surface area contributed by atoms with Gasteiger partial charge in [-0.25, -0.2) is 18.4 Å². The van der Waals surface area contributed by atoms with Crippen molar-refractivity contribution < 1.29 is 37.3 Å². The van der Waals surface area contributed by atoms with E-state index in [1.54, 1.807) is 36.4 Å². The van der Waals surface area contributed by atoms with Crippen molar-refractivity contribution >= 4 is 11.9 Å². The van der Waals surface area contributed by atoms with Gasteiger partial charge in [-0.05, 0) is 61.3 Å². The summed E-state index contributed by atoms with van der Waals surface area (Å²) in [7, 11) is 0. The standard InChI is InChI=1S/C38H48F2O6/c1-4-7-24-43-36(41)34-35(37(42)44-25-8-5-2)46-38(45-34)31-20-16-28(17-21-31)15-19-30-23-22-29(32(39)33(30)40)18-14-27-12-10-26(9-6-3)11-13-27/h16-17,20-23,26-27,34-35,38H,4-14,18,24-25H2,1-3H3/t26?,27?,34-,35-/m1/s1. The minimum atomic E-state index is -1.25. The first kappa shape index (κ1) is 35.6. The van der Waals surface area contributed by atoms with Crippen LogP contribution in [0.5, 0.6) is 0 Å². The zero-order chi connectivity index (χ0) is 32.9. The van der Waals surface area contributed by atoms with Crippen LogP contribution < -0.4 is 0 Å². The molecule has 0 N–H and O–H groups in total. The zero-order valence-electron chi connectivity index (χ0n) is 27.5. The molecule has 2 aromatic carbocycles. The largest absolute Gasteiger partial charge is 0.464 e. The fourth-order valence-electron chi connectivity index (χ4n) is 6.07. The van der Waals surface area contributed by atoms with Crippen LogP contribution in [0, 0.1) is 35.3 Å². The van der Waals surface area contributed by atoms with Crippen molar-refractivity contribution in [1.82, 2.24) is 0 Å². The molecule has 250 valence electrons. The molecule has 2 atom stereocenters. The monoisotopic (exact) mass is 638 g/mol. The Bertz CT molecular complexity index is 1310. The summed E-state index contributed by atoms with van der Waals surface area (Å²) in [6, 6.07) is 9.95. The highest BCUT2D eigenvalue weighted by molar-refractivity contribution is 5.86. The summed E-state index contributed by atoms with van der Waals surface area (Å²) in [6.07, 6.45) is 8.34. The average Bonchev–Trinajstić information content (AvgIpc) is 3.52. The first-order valence-corrected chi connectivity index (χ1v) is 17.1. The number of halogens is 2. The summed E-state index contributed by atoms with van der Waals surface area (Å²) in [6.45, 7) is 6.63. The van der Waals surface area contributed by atoms with Crippen molar-refractivity contribution in [2.45, 2.75) is 116 Å². The van der Waals surface area contributed by atoms with Crippen LogP contribution in [0.2, 0.25) is 0 Å². The number of rotatable bonds is 14. The summed E-state index contributed by atoms with van der Waals surface area (Å²) < 4.78 is 52.2. The van der Waals surface area contributed by atoms with E-state index in [9.17, 15) is 18.4 Å². The first-order chi connectivity index (χ1) is 22.3. The lowest BCUT2D eigenvalue weighted by molar-refractivity contribution is -0.163. The molecule has 6 nitrogen and oxygen atoms in total. The van der Waals surface area contributed by atoms with Crippen molar-refractivity contribution in [3.05, 3.63) is 70.3 Å². The predicted molar refractivity (Wildman–Crippen MR) is 172 cm³/mol. The normalized spacial score (nSPS) is 21.4. The lowest BCUT2D eigenvalue weighted by Gasteiger charge is -2.28. The molecule has 4 rings (SSSR count). The third-order valence-corrected chi connectivity index (χ3v) is 8.94. The highest BCUT2D eigenvalue weighted by Crippen LogP contribution is 2.35. The van der Waals surface area contributed by atoms with Crippen LogP contribution in [0.25, 0.3) is 0 Å². The van der Waals surface area contributed by atoms with Gasteiger partial charge < -0.3 is 18.9 Å². The molecule has 0 unspecified atom stereocenters. The SMILES string of the molecule is CCCCOC(=O)[C@@H]1OC(c2ccc(C#Cc3ccc(CCC4CCC(CCC)CC4)c(F)c3F)cc2)O[C@H]1C(=O)OCCCC. The van der Waals surface area contributed by atoms with Gasteiger partial charge in [-0.15, -0.1) is 0 Å². The van der Waals surface area contributed by atoms with E-state index in [1.807, 2.05) is 13.8 Å². The minimum absolute atomic E-state index is 0.00159. The Hall–Kier alpha value is -3.28. The summed E-state index contributed by atoms with van der Waals surface area (Å²) in [5.74, 6) is 3.95. The van der Waals surface area contributed by atoms with E-state index in [0.29, 0.717) is 41.9 Å². The number of carbonyl (C=O) groups is 2. The summed E-state index contributed by atoms with van der Waals surface area (Å²) in [4.78, 5) is 25.4. The molecule has 0 radical (unpaired) electrons. The van der Waals surface area contributed by atoms with Crippen molar-refractivity contribution in [2.75, 3.05) is 13.2 Å². The number of carbonyl (C=O) groups excluding carboxylic acids is 2. The van der Waals surface area contributed by atoms with Crippen LogP contribution in [-0.4, -0.2) is 37.4 Å². The van der Waals surface area contributed by atoms with Gasteiger partial charge in [0.2, 0.25) is 0 Å². The highest BCUT2D eigenvalue weighted by atomic mass is 19.2. The van der Waals surface area contributed by atoms with Crippen molar-refractivity contribution in [2.24, 2.45) is 11.8 Å². The van der Waals surface area contributed by atoms with E-state index in [-0.39, 0.29) is 18.8 Å². The maximum atomic E-state index is 14.9. The Labute approximate surface area is 272 Å². The summed E-state index contributed by atoms with van der Waals surface area (Å²) >= 11 is 0. The molecule has 2 aliphatic rings. The Morgan fingerprint density at radius 1 is 0.739 bits per heavy atom. The lowest BCUT2D eigenvalue weighted by atomic mass is 9.78. The minimum Gasteiger partial charge on any atom is -0.464 e. The number of esters is 2. The van der Waals surface area contributed by atoms with Gasteiger partial charge in [0.1, 0.15) is 0 Å². The summed E-state index contributed by atoms with van der Waals surface area (Å²) in [5.41, 5.74) is 1.53. The number of aryl methyl sites for hydroxylation is 1. The molecule has 1 heterocycles. The van der Waals surface area contributed by atoms with Gasteiger partial charge in [0, 0.05) is 11.1 Å². The maximum Gasteiger partial charge on any atom is 0.338 e. The average molecular weight is 639 g/mol. The van der Waals surface area contributed by atoms with E-state index in [4.69, 9.17) is 18.9 Å². The van der Waals surface area contributed by atoms with E-state index in [1.165, 1.54) is 38.5 Å². The van der Waals surface area contributed by atoms with E-state index < -0.39 is 42.1 Å². The second-order valence-electron chi connectivity index (χ2n) is 12.5. The molecule has 1 saturated carbocycles. The van der Waals surface area contributed by atoms with Crippen LogP contribution in [-0.2, 0) is 35.0 Å². The van der Waals surface area contributed by atoms with Gasteiger partial charge in [-0.1, -0.05) is 102 Å². The molecule has 0 amide bonds. The molecule has 8 heteroatoms. The van der Waals surface area contributed by atoms with Gasteiger partial charge in [-0.2, -0.15) is 0 Å². The lowest BCUT2D eigenvalue weighted by Crippen LogP contribution is -2.39. The number of benzene rings is 2. The Morgan fingerprint density at radius 3 is 1.85 bits per heavy atom. The van der Waals surface area contributed by atoms with Crippen molar-refractivity contribution in [3.63, 3.8) is 0 Å². The number of hydrogen-bond acceptors (Lipinski definition) is 6. The topological polar surface area (TPSA) is 71.1 Å². The van der Waals surface area contributed by atoms with Crippen molar-refractivity contribution in [1.29, 1.82) is 0 Å². The molecular weight excluding hydrogens is 590 g/mol. The van der Waals surface area contributed by atoms with Gasteiger partial charge in [0.15, 0.2) is 30.1 Å². The number of ether oxygens (including phenoxy) is 4. The third kappa shape index (κ3) is 9.86. The van der Waals surface area contributed by atoms with Gasteiger partial charge in [0.25, 0.3) is 0 Å². The molecule has 46 heavy (non-hydrogen) atoms. The van der Waals surface area contributed by atoms with E-state index >= 15 is 0 Å². The third-order valence-electron chi connectivity index (χ3n) is 8.94. The first-order valence-electron chi connectivity index (χ1n) is 17.1. The van der Waals surface area contributed by atoms with Gasteiger partial charge >= 0.3 is 11.9 Å². The molecule has 0 aromatic heterocycles. The molecule has 1 aliphatic heterocycles. The molecule has 0 spiro atoms. The fraction of sp³-hybridized carbons (Fsp3) is 0.579. The molecule has 0 bridgehead atoms. The van der Waals surface area contributed by atoms with Crippen LogP contribution in [0.15, 0.2) is 36.4 Å². The molecule has 1 aliphatic carbocycles. The Kier molecular flexibility index (Phi) is 14.0. The predicted octanol–water partition coefficient (Wildman–Crippen LogP) is 8.37. The van der Waals surface area contributed by atoms with Crippen LogP contribution in [0.3, 0.4) is 0 Å². The van der Waals surface area contributed by atoms with Gasteiger partial charge in [-0.3, -0.25) is 0 Å². The second kappa shape index (κ2) is 18.2. The van der Waals surface area contributed by atoms with Crippen LogP contribution in [0.4, 0.5) is 8.78 Å². The zero-order valence-corrected chi connectivity index (χ0v) is 27.5. The van der Waals surface area contributed by atoms with Crippen molar-refractivity contribution in [3.8, 4) is 11.8 Å². The second-order valence-corrected chi connectivity index (χ2v) is 12.5. The molecule has 2 aromatic rings. The van der Waals surface area contributed by atoms with E-state index in [2.05, 4.69) is 18.8 Å². The Morgan fingerprint density at radius 2 is 1.30 bits per heavy atom. The molecule has 1 saturated heterocycles. The van der Waals surface area contributed by atoms with Crippen LogP contribution in [0.1, 0.15) is 120 Å². The maximum absolute atomic E-state index is 14.9. The smallest absolute Gasteiger partial charge is 0.338 e. The summed E-state index contributed by atoms with van der Waals surface area (Å²) in [5, 5.41) is 0. The Balaban J connectivity index is 1.37. The quantitative estimate of drug-likeness (QED) is 0.118. The molecule has 2 fully saturated rings. The fourth-order valence-corrected chi connectivity index (χ4v) is 6.07. The van der Waals surface area contributed by atoms with E-state index in [0.717, 1.165) is 25.2 Å². The highest BCUT2D eigenvalue weighted by Gasteiger charge is 2.47. The number of unbranched alkanes of at least 4 members (excludes halogenated alkanes) is 2. The van der Waals surface area contributed by atoms with Crippen LogP contribution >= 0.6 is 0 Å². The molecular formula is C38H48F2O6. The van der Waals surface area contributed by atoms with Gasteiger partial charge in [0.05, 0.1) is 18.8 Å². The number of hydrogen-bond donors (Lipinski definition) is 0.